The van der Waals surface area contributed by atoms with E-state index in [0.29, 0.717) is 0 Å². The van der Waals surface area contributed by atoms with E-state index in [1.807, 2.05) is 30.2 Å². The standard InChI is InChI=1S/C23H21N3/c1-3-18-14-21-11-7-10-20(13-12-17-15-24-26(2)16-17)23(21)25-22(18)19-8-5-4-6-9-19/h4-16H,3H2,1-2H3/b13-12+. The maximum Gasteiger partial charge on any atom is 0.0782 e. The summed E-state index contributed by atoms with van der Waals surface area (Å²) >= 11 is 0. The van der Waals surface area contributed by atoms with Gasteiger partial charge in [-0.25, -0.2) is 4.98 Å². The van der Waals surface area contributed by atoms with Crippen molar-refractivity contribution in [2.24, 2.45) is 7.05 Å². The molecule has 3 heteroatoms. The molecule has 4 rings (SSSR count). The molecule has 0 N–H and O–H groups in total. The quantitative estimate of drug-likeness (QED) is 0.500. The van der Waals surface area contributed by atoms with Gasteiger partial charge in [-0.15, -0.1) is 0 Å². The summed E-state index contributed by atoms with van der Waals surface area (Å²) in [5.74, 6) is 0. The summed E-state index contributed by atoms with van der Waals surface area (Å²) in [6, 6.07) is 19.0. The average Bonchev–Trinajstić information content (AvgIpc) is 3.11. The van der Waals surface area contributed by atoms with Crippen molar-refractivity contribution in [3.63, 3.8) is 0 Å². The number of benzene rings is 2. The van der Waals surface area contributed by atoms with Crippen molar-refractivity contribution in [3.8, 4) is 11.3 Å². The van der Waals surface area contributed by atoms with Gasteiger partial charge in [0.25, 0.3) is 0 Å². The Morgan fingerprint density at radius 1 is 1.00 bits per heavy atom. The maximum atomic E-state index is 5.06. The lowest BCUT2D eigenvalue weighted by molar-refractivity contribution is 0.767. The highest BCUT2D eigenvalue weighted by molar-refractivity contribution is 5.92. The van der Waals surface area contributed by atoms with Crippen LogP contribution in [0.1, 0.15) is 23.6 Å². The lowest BCUT2D eigenvalue weighted by atomic mass is 10.00. The van der Waals surface area contributed by atoms with Crippen LogP contribution in [0.3, 0.4) is 0 Å². The first-order chi connectivity index (χ1) is 12.7. The fraction of sp³-hybridized carbons (Fsp3) is 0.130. The first-order valence-corrected chi connectivity index (χ1v) is 8.89. The second kappa shape index (κ2) is 6.96. The molecule has 0 radical (unpaired) electrons. The molecule has 4 aromatic rings. The molecule has 2 heterocycles. The zero-order valence-corrected chi connectivity index (χ0v) is 15.1. The van der Waals surface area contributed by atoms with Crippen molar-refractivity contribution in [2.75, 3.05) is 0 Å². The van der Waals surface area contributed by atoms with Crippen LogP contribution in [0.25, 0.3) is 34.3 Å². The van der Waals surface area contributed by atoms with Crippen LogP contribution in [0.15, 0.2) is 67.0 Å². The number of fused-ring (bicyclic) bond motifs is 1. The molecule has 26 heavy (non-hydrogen) atoms. The molecule has 0 fully saturated rings. The summed E-state index contributed by atoms with van der Waals surface area (Å²) in [6.07, 6.45) is 9.02. The Balaban J connectivity index is 1.85. The van der Waals surface area contributed by atoms with Gasteiger partial charge in [0.05, 0.1) is 17.4 Å². The van der Waals surface area contributed by atoms with E-state index < -0.39 is 0 Å². The summed E-state index contributed by atoms with van der Waals surface area (Å²) in [5, 5.41) is 5.39. The molecule has 0 unspecified atom stereocenters. The van der Waals surface area contributed by atoms with E-state index in [4.69, 9.17) is 4.98 Å². The fourth-order valence-corrected chi connectivity index (χ4v) is 3.23. The van der Waals surface area contributed by atoms with Crippen LogP contribution >= 0.6 is 0 Å². The van der Waals surface area contributed by atoms with Crippen LogP contribution < -0.4 is 0 Å². The van der Waals surface area contributed by atoms with E-state index in [0.717, 1.165) is 34.3 Å². The Morgan fingerprint density at radius 2 is 1.85 bits per heavy atom. The van der Waals surface area contributed by atoms with Crippen LogP contribution in [0.5, 0.6) is 0 Å². The first kappa shape index (κ1) is 16.3. The topological polar surface area (TPSA) is 30.7 Å². The van der Waals surface area contributed by atoms with Crippen LogP contribution in [0.2, 0.25) is 0 Å². The molecule has 2 aromatic heterocycles. The molecule has 0 saturated carbocycles. The van der Waals surface area contributed by atoms with Gasteiger partial charge in [0.1, 0.15) is 0 Å². The number of pyridine rings is 1. The molecule has 0 spiro atoms. The van der Waals surface area contributed by atoms with Gasteiger partial charge in [-0.2, -0.15) is 5.10 Å². The van der Waals surface area contributed by atoms with Gasteiger partial charge >= 0.3 is 0 Å². The van der Waals surface area contributed by atoms with Gasteiger partial charge in [0.2, 0.25) is 0 Å². The van der Waals surface area contributed by atoms with Crippen LogP contribution in [-0.2, 0) is 13.5 Å². The van der Waals surface area contributed by atoms with Gasteiger partial charge in [-0.1, -0.05) is 67.6 Å². The average molecular weight is 339 g/mol. The van der Waals surface area contributed by atoms with E-state index in [9.17, 15) is 0 Å². The molecule has 2 aromatic carbocycles. The summed E-state index contributed by atoms with van der Waals surface area (Å²) in [5.41, 5.74) is 6.74. The molecular weight excluding hydrogens is 318 g/mol. The monoisotopic (exact) mass is 339 g/mol. The number of aromatic nitrogens is 3. The predicted molar refractivity (Wildman–Crippen MR) is 109 cm³/mol. The minimum absolute atomic E-state index is 0.961. The minimum Gasteiger partial charge on any atom is -0.275 e. The molecule has 0 bridgehead atoms. The third-order valence-corrected chi connectivity index (χ3v) is 4.56. The molecule has 0 aliphatic heterocycles. The summed E-state index contributed by atoms with van der Waals surface area (Å²) in [6.45, 7) is 2.18. The largest absolute Gasteiger partial charge is 0.275 e. The Hall–Kier alpha value is -3.20. The molecule has 0 saturated heterocycles. The van der Waals surface area contributed by atoms with E-state index in [2.05, 4.69) is 72.7 Å². The van der Waals surface area contributed by atoms with Crippen molar-refractivity contribution in [2.45, 2.75) is 13.3 Å². The first-order valence-electron chi connectivity index (χ1n) is 8.89. The van der Waals surface area contributed by atoms with E-state index >= 15 is 0 Å². The number of aryl methyl sites for hydroxylation is 2. The predicted octanol–water partition coefficient (Wildman–Crippen LogP) is 5.37. The van der Waals surface area contributed by atoms with Crippen LogP contribution in [0, 0.1) is 0 Å². The van der Waals surface area contributed by atoms with Gasteiger partial charge < -0.3 is 0 Å². The third-order valence-electron chi connectivity index (χ3n) is 4.56. The summed E-state index contributed by atoms with van der Waals surface area (Å²) in [4.78, 5) is 5.06. The number of hydrogen-bond acceptors (Lipinski definition) is 2. The molecule has 0 atom stereocenters. The minimum atomic E-state index is 0.961. The Kier molecular flexibility index (Phi) is 4.36. The molecule has 0 amide bonds. The fourth-order valence-electron chi connectivity index (χ4n) is 3.23. The van der Waals surface area contributed by atoms with Crippen molar-refractivity contribution < 1.29 is 0 Å². The number of para-hydroxylation sites is 1. The lowest BCUT2D eigenvalue weighted by Gasteiger charge is -2.11. The van der Waals surface area contributed by atoms with Crippen LogP contribution in [0.4, 0.5) is 0 Å². The normalized spacial score (nSPS) is 11.5. The Bertz CT molecular complexity index is 1080. The van der Waals surface area contributed by atoms with Gasteiger partial charge in [-0.3, -0.25) is 4.68 Å². The molecule has 0 aliphatic carbocycles. The van der Waals surface area contributed by atoms with Crippen LogP contribution in [-0.4, -0.2) is 14.8 Å². The Labute approximate surface area is 153 Å². The second-order valence-electron chi connectivity index (χ2n) is 6.42. The SMILES string of the molecule is CCc1cc2cccc(/C=C/c3cnn(C)c3)c2nc1-c1ccccc1. The highest BCUT2D eigenvalue weighted by Gasteiger charge is 2.09. The molecule has 0 aliphatic rings. The van der Waals surface area contributed by atoms with Gasteiger partial charge in [-0.05, 0) is 18.1 Å². The Morgan fingerprint density at radius 3 is 2.58 bits per heavy atom. The van der Waals surface area contributed by atoms with Crippen molar-refractivity contribution in [1.29, 1.82) is 0 Å². The number of nitrogens with zero attached hydrogens (tertiary/aromatic N) is 3. The zero-order valence-electron chi connectivity index (χ0n) is 15.1. The number of hydrogen-bond donors (Lipinski definition) is 0. The highest BCUT2D eigenvalue weighted by Crippen LogP contribution is 2.28. The number of rotatable bonds is 4. The van der Waals surface area contributed by atoms with Gasteiger partial charge in [0.15, 0.2) is 0 Å². The molecular formula is C23H21N3. The summed E-state index contributed by atoms with van der Waals surface area (Å²) in [7, 11) is 1.93. The van der Waals surface area contributed by atoms with Crippen molar-refractivity contribution in [3.05, 3.63) is 83.7 Å². The van der Waals surface area contributed by atoms with Crippen molar-refractivity contribution >= 4 is 23.1 Å². The van der Waals surface area contributed by atoms with E-state index in [-0.39, 0.29) is 0 Å². The van der Waals surface area contributed by atoms with E-state index in [1.165, 1.54) is 10.9 Å². The zero-order chi connectivity index (χ0) is 17.9. The lowest BCUT2D eigenvalue weighted by Crippen LogP contribution is -1.94. The van der Waals surface area contributed by atoms with E-state index in [1.54, 1.807) is 0 Å². The van der Waals surface area contributed by atoms with Crippen molar-refractivity contribution in [1.82, 2.24) is 14.8 Å². The third kappa shape index (κ3) is 3.16. The highest BCUT2D eigenvalue weighted by atomic mass is 15.2. The van der Waals surface area contributed by atoms with Gasteiger partial charge in [0, 0.05) is 35.3 Å². The molecule has 128 valence electrons. The second-order valence-corrected chi connectivity index (χ2v) is 6.42. The smallest absolute Gasteiger partial charge is 0.0782 e. The molecule has 3 nitrogen and oxygen atoms in total. The maximum absolute atomic E-state index is 5.06. The summed E-state index contributed by atoms with van der Waals surface area (Å²) < 4.78 is 1.81.